The van der Waals surface area contributed by atoms with Crippen LogP contribution in [0, 0.1) is 5.82 Å². The monoisotopic (exact) mass is 431 g/mol. The molecule has 4 aromatic rings. The van der Waals surface area contributed by atoms with E-state index in [4.69, 9.17) is 4.74 Å². The third-order valence-corrected chi connectivity index (χ3v) is 6.40. The standard InChI is InChI=1S/C25H26FN5O/c1-16(21-12-13-24(26)23-5-3-2-4-22(21)23)27-19-9-6-18(14-19)17-7-10-20(11-8-17)32-15-25-28-30-31-29-25/h2-5,7-8,10-13,16,18-19,27H,6,9,14-15H2,1H3,(H,28,29,30,31)/t16-,18-,19+/m1/s1. The molecule has 3 aromatic carbocycles. The minimum atomic E-state index is -0.165. The van der Waals surface area contributed by atoms with E-state index in [1.807, 2.05) is 42.5 Å². The van der Waals surface area contributed by atoms with Gasteiger partial charge in [-0.15, -0.1) is 10.2 Å². The lowest BCUT2D eigenvalue weighted by Gasteiger charge is -2.22. The van der Waals surface area contributed by atoms with E-state index in [0.717, 1.165) is 36.0 Å². The van der Waals surface area contributed by atoms with Crippen molar-refractivity contribution in [3.8, 4) is 5.75 Å². The van der Waals surface area contributed by atoms with Crippen molar-refractivity contribution in [2.75, 3.05) is 0 Å². The van der Waals surface area contributed by atoms with Crippen LogP contribution in [0.2, 0.25) is 0 Å². The minimum Gasteiger partial charge on any atom is -0.485 e. The molecule has 1 heterocycles. The number of nitrogens with zero attached hydrogens (tertiary/aromatic N) is 3. The van der Waals surface area contributed by atoms with Crippen LogP contribution < -0.4 is 10.1 Å². The highest BCUT2D eigenvalue weighted by Gasteiger charge is 2.27. The van der Waals surface area contributed by atoms with E-state index < -0.39 is 0 Å². The van der Waals surface area contributed by atoms with Crippen molar-refractivity contribution in [2.45, 2.75) is 50.8 Å². The number of hydrogen-bond acceptors (Lipinski definition) is 5. The lowest BCUT2D eigenvalue weighted by atomic mass is 9.96. The molecule has 5 rings (SSSR count). The Balaban J connectivity index is 1.20. The summed E-state index contributed by atoms with van der Waals surface area (Å²) in [6.07, 6.45) is 3.37. The van der Waals surface area contributed by atoms with Crippen molar-refractivity contribution in [1.29, 1.82) is 0 Å². The van der Waals surface area contributed by atoms with Crippen LogP contribution in [0.3, 0.4) is 0 Å². The van der Waals surface area contributed by atoms with Crippen molar-refractivity contribution < 1.29 is 9.13 Å². The zero-order valence-corrected chi connectivity index (χ0v) is 18.0. The molecule has 0 amide bonds. The number of tetrazole rings is 1. The topological polar surface area (TPSA) is 75.7 Å². The number of rotatable bonds is 7. The van der Waals surface area contributed by atoms with Gasteiger partial charge in [-0.25, -0.2) is 4.39 Å². The molecule has 0 unspecified atom stereocenters. The molecule has 164 valence electrons. The first kappa shape index (κ1) is 20.6. The number of benzene rings is 3. The third-order valence-electron chi connectivity index (χ3n) is 6.40. The van der Waals surface area contributed by atoms with Crippen LogP contribution in [0.25, 0.3) is 10.8 Å². The zero-order valence-electron chi connectivity index (χ0n) is 18.0. The van der Waals surface area contributed by atoms with Crippen LogP contribution in [0.15, 0.2) is 60.7 Å². The second-order valence-corrected chi connectivity index (χ2v) is 8.46. The van der Waals surface area contributed by atoms with Crippen molar-refractivity contribution in [2.24, 2.45) is 0 Å². The predicted octanol–water partition coefficient (Wildman–Crippen LogP) is 5.06. The van der Waals surface area contributed by atoms with Crippen LogP contribution in [-0.2, 0) is 6.61 Å². The molecule has 0 saturated heterocycles. The largest absolute Gasteiger partial charge is 0.485 e. The Labute approximate surface area is 186 Å². The molecule has 6 nitrogen and oxygen atoms in total. The summed E-state index contributed by atoms with van der Waals surface area (Å²) in [5.74, 6) is 1.68. The molecule has 0 aliphatic heterocycles. The van der Waals surface area contributed by atoms with Gasteiger partial charge < -0.3 is 10.1 Å². The normalized spacial score (nSPS) is 19.3. The van der Waals surface area contributed by atoms with Crippen molar-refractivity contribution >= 4 is 10.8 Å². The Morgan fingerprint density at radius 2 is 1.88 bits per heavy atom. The zero-order chi connectivity index (χ0) is 21.9. The summed E-state index contributed by atoms with van der Waals surface area (Å²) in [7, 11) is 0. The second kappa shape index (κ2) is 9.04. The fourth-order valence-electron chi connectivity index (χ4n) is 4.77. The van der Waals surface area contributed by atoms with Gasteiger partial charge in [0.05, 0.1) is 0 Å². The van der Waals surface area contributed by atoms with Gasteiger partial charge >= 0.3 is 0 Å². The molecule has 32 heavy (non-hydrogen) atoms. The van der Waals surface area contributed by atoms with Crippen LogP contribution in [-0.4, -0.2) is 26.7 Å². The average molecular weight is 432 g/mol. The van der Waals surface area contributed by atoms with Gasteiger partial charge in [0.1, 0.15) is 11.6 Å². The average Bonchev–Trinajstić information content (AvgIpc) is 3.51. The van der Waals surface area contributed by atoms with E-state index in [1.54, 1.807) is 6.07 Å². The number of aromatic nitrogens is 4. The van der Waals surface area contributed by atoms with Gasteiger partial charge in [-0.1, -0.05) is 47.7 Å². The van der Waals surface area contributed by atoms with E-state index >= 15 is 0 Å². The molecule has 1 saturated carbocycles. The first-order valence-electron chi connectivity index (χ1n) is 11.1. The summed E-state index contributed by atoms with van der Waals surface area (Å²) in [6, 6.07) is 20.1. The summed E-state index contributed by atoms with van der Waals surface area (Å²) in [6.45, 7) is 2.46. The van der Waals surface area contributed by atoms with Gasteiger partial charge in [-0.2, -0.15) is 5.21 Å². The predicted molar refractivity (Wildman–Crippen MR) is 121 cm³/mol. The number of hydrogen-bond donors (Lipinski definition) is 2. The Bertz CT molecular complexity index is 1180. The molecule has 0 spiro atoms. The number of ether oxygens (including phenoxy) is 1. The Kier molecular flexibility index (Phi) is 5.81. The molecule has 1 aliphatic carbocycles. The molecule has 0 bridgehead atoms. The van der Waals surface area contributed by atoms with E-state index in [1.165, 1.54) is 5.56 Å². The fraction of sp³-hybridized carbons (Fsp3) is 0.320. The fourth-order valence-corrected chi connectivity index (χ4v) is 4.77. The molecule has 2 N–H and O–H groups in total. The number of nitrogens with one attached hydrogen (secondary N) is 2. The molecule has 1 aliphatic rings. The number of fused-ring (bicyclic) bond motifs is 1. The van der Waals surface area contributed by atoms with Crippen LogP contribution in [0.4, 0.5) is 4.39 Å². The van der Waals surface area contributed by atoms with E-state index in [0.29, 0.717) is 29.8 Å². The highest BCUT2D eigenvalue weighted by molar-refractivity contribution is 5.86. The molecular weight excluding hydrogens is 405 g/mol. The van der Waals surface area contributed by atoms with Gasteiger partial charge in [0.25, 0.3) is 0 Å². The molecule has 1 aromatic heterocycles. The van der Waals surface area contributed by atoms with Crippen LogP contribution in [0.5, 0.6) is 5.75 Å². The Morgan fingerprint density at radius 1 is 1.06 bits per heavy atom. The Hall–Kier alpha value is -3.32. The molecule has 1 fully saturated rings. The highest BCUT2D eigenvalue weighted by Crippen LogP contribution is 2.36. The lowest BCUT2D eigenvalue weighted by molar-refractivity contribution is 0.296. The van der Waals surface area contributed by atoms with Crippen LogP contribution >= 0.6 is 0 Å². The van der Waals surface area contributed by atoms with Crippen molar-refractivity contribution in [3.05, 3.63) is 83.4 Å². The van der Waals surface area contributed by atoms with Crippen molar-refractivity contribution in [1.82, 2.24) is 25.9 Å². The maximum Gasteiger partial charge on any atom is 0.211 e. The van der Waals surface area contributed by atoms with Gasteiger partial charge in [-0.05, 0) is 66.8 Å². The quantitative estimate of drug-likeness (QED) is 0.428. The van der Waals surface area contributed by atoms with E-state index in [2.05, 4.69) is 45.0 Å². The van der Waals surface area contributed by atoms with Crippen molar-refractivity contribution in [3.63, 3.8) is 0 Å². The van der Waals surface area contributed by atoms with E-state index in [9.17, 15) is 4.39 Å². The summed E-state index contributed by atoms with van der Waals surface area (Å²) in [4.78, 5) is 0. The number of aromatic amines is 1. The highest BCUT2D eigenvalue weighted by atomic mass is 19.1. The Morgan fingerprint density at radius 3 is 2.66 bits per heavy atom. The molecular formula is C25H26FN5O. The van der Waals surface area contributed by atoms with Gasteiger partial charge in [-0.3, -0.25) is 0 Å². The first-order chi connectivity index (χ1) is 15.7. The summed E-state index contributed by atoms with van der Waals surface area (Å²) in [5, 5.41) is 19.2. The lowest BCUT2D eigenvalue weighted by Crippen LogP contribution is -2.29. The van der Waals surface area contributed by atoms with Crippen LogP contribution in [0.1, 0.15) is 55.1 Å². The SMILES string of the molecule is C[C@@H](N[C@H]1CC[C@@H](c2ccc(OCc3nn[nH]n3)cc2)C1)c1ccc(F)c2ccccc12. The first-order valence-corrected chi connectivity index (χ1v) is 11.1. The van der Waals surface area contributed by atoms with E-state index in [-0.39, 0.29) is 11.9 Å². The molecule has 0 radical (unpaired) electrons. The number of halogens is 1. The van der Waals surface area contributed by atoms with Gasteiger partial charge in [0.15, 0.2) is 6.61 Å². The smallest absolute Gasteiger partial charge is 0.211 e. The minimum absolute atomic E-state index is 0.158. The summed E-state index contributed by atoms with van der Waals surface area (Å²) >= 11 is 0. The second-order valence-electron chi connectivity index (χ2n) is 8.46. The maximum absolute atomic E-state index is 14.2. The maximum atomic E-state index is 14.2. The summed E-state index contributed by atoms with van der Waals surface area (Å²) in [5.41, 5.74) is 2.48. The molecule has 3 atom stereocenters. The van der Waals surface area contributed by atoms with Gasteiger partial charge in [0.2, 0.25) is 5.82 Å². The third kappa shape index (κ3) is 4.34. The summed E-state index contributed by atoms with van der Waals surface area (Å²) < 4.78 is 19.9. The molecule has 7 heteroatoms. The van der Waals surface area contributed by atoms with Gasteiger partial charge in [0, 0.05) is 17.5 Å². The number of H-pyrrole nitrogens is 1.